The van der Waals surface area contributed by atoms with Gasteiger partial charge in [0, 0.05) is 25.4 Å². The number of aliphatic hydroxyl groups is 1. The SMILES string of the molecule is COc1ccc(CNCc2ccc(-c3ccc(O)c4c3C[C@H]3C[C@H]5CC(=O)C(C(N)=O)C(=O)[C@@]5(O)C(=O)C3C4=O)cc2)cc1. The Morgan fingerprint density at radius 2 is 1.57 bits per heavy atom. The minimum Gasteiger partial charge on any atom is -0.507 e. The monoisotopic (exact) mass is 596 g/mol. The molecule has 0 heterocycles. The zero-order valence-electron chi connectivity index (χ0n) is 24.0. The van der Waals surface area contributed by atoms with Crippen LogP contribution in [0.1, 0.15) is 39.9 Å². The van der Waals surface area contributed by atoms with E-state index in [9.17, 15) is 34.2 Å². The van der Waals surface area contributed by atoms with Gasteiger partial charge in [-0.05, 0) is 64.8 Å². The van der Waals surface area contributed by atoms with Crippen molar-refractivity contribution in [3.05, 3.63) is 82.9 Å². The maximum atomic E-state index is 13.8. The second-order valence-corrected chi connectivity index (χ2v) is 11.9. The Morgan fingerprint density at radius 3 is 2.18 bits per heavy atom. The number of rotatable bonds is 7. The van der Waals surface area contributed by atoms with Gasteiger partial charge in [0.1, 0.15) is 11.5 Å². The molecular formula is C34H32N2O8. The summed E-state index contributed by atoms with van der Waals surface area (Å²) >= 11 is 0. The first kappa shape index (κ1) is 29.4. The molecular weight excluding hydrogens is 564 g/mol. The van der Waals surface area contributed by atoms with Crippen molar-refractivity contribution in [2.24, 2.45) is 29.4 Å². The molecule has 0 aromatic heterocycles. The summed E-state index contributed by atoms with van der Waals surface area (Å²) in [5, 5.41) is 25.5. The van der Waals surface area contributed by atoms with E-state index in [0.717, 1.165) is 28.0 Å². The van der Waals surface area contributed by atoms with Gasteiger partial charge in [-0.25, -0.2) is 0 Å². The Labute approximate surface area is 253 Å². The average Bonchev–Trinajstić information content (AvgIpc) is 3.00. The number of carbonyl (C=O) groups excluding carboxylic acids is 5. The zero-order chi connectivity index (χ0) is 31.3. The first-order valence-corrected chi connectivity index (χ1v) is 14.5. The van der Waals surface area contributed by atoms with E-state index in [1.165, 1.54) is 6.07 Å². The fraction of sp³-hybridized carbons (Fsp3) is 0.324. The average molecular weight is 597 g/mol. The number of nitrogens with two attached hydrogens (primary N) is 1. The molecule has 0 radical (unpaired) electrons. The van der Waals surface area contributed by atoms with Gasteiger partial charge in [-0.1, -0.05) is 42.5 Å². The standard InChI is InChI=1S/C34H32N2O8/c1-44-22-8-4-18(5-9-22)16-36-15-17-2-6-19(7-3-17)23-10-11-25(37)28-24(23)13-20-12-21-14-26(38)29(33(35)42)32(41)34(21,43)31(40)27(20)30(28)39/h2-11,20-21,27,29,36-37,43H,12-16H2,1H3,(H2,35,42)/t20-,21+,27?,29?,34+/m1/s1. The van der Waals surface area contributed by atoms with Gasteiger partial charge < -0.3 is 26.0 Å². The third-order valence-electron chi connectivity index (χ3n) is 9.37. The van der Waals surface area contributed by atoms with Gasteiger partial charge in [-0.2, -0.15) is 0 Å². The molecule has 0 spiro atoms. The third kappa shape index (κ3) is 4.71. The smallest absolute Gasteiger partial charge is 0.235 e. The van der Waals surface area contributed by atoms with E-state index in [2.05, 4.69) is 5.32 Å². The minimum absolute atomic E-state index is 0.0184. The van der Waals surface area contributed by atoms with Crippen LogP contribution in [0.3, 0.4) is 0 Å². The predicted molar refractivity (Wildman–Crippen MR) is 157 cm³/mol. The third-order valence-corrected chi connectivity index (χ3v) is 9.37. The Morgan fingerprint density at radius 1 is 0.932 bits per heavy atom. The Hall–Kier alpha value is -4.67. The lowest BCUT2D eigenvalue weighted by atomic mass is 9.53. The van der Waals surface area contributed by atoms with Crippen LogP contribution in [0.2, 0.25) is 0 Å². The van der Waals surface area contributed by atoms with Crippen LogP contribution in [0.5, 0.6) is 11.5 Å². The largest absolute Gasteiger partial charge is 0.507 e. The Balaban J connectivity index is 1.25. The molecule has 0 saturated heterocycles. The van der Waals surface area contributed by atoms with Crippen LogP contribution >= 0.6 is 0 Å². The van der Waals surface area contributed by atoms with Crippen molar-refractivity contribution in [2.75, 3.05) is 7.11 Å². The molecule has 5 atom stereocenters. The highest BCUT2D eigenvalue weighted by molar-refractivity contribution is 6.31. The summed E-state index contributed by atoms with van der Waals surface area (Å²) in [5.41, 5.74) is 6.84. The molecule has 3 aliphatic carbocycles. The number of ketones is 4. The second kappa shape index (κ2) is 11.1. The van der Waals surface area contributed by atoms with Crippen molar-refractivity contribution < 1.29 is 38.9 Å². The van der Waals surface area contributed by atoms with Gasteiger partial charge in [0.25, 0.3) is 0 Å². The summed E-state index contributed by atoms with van der Waals surface area (Å²) in [6.07, 6.45) is -0.0950. The molecule has 1 amide bonds. The molecule has 3 aromatic carbocycles. The number of methoxy groups -OCH3 is 1. The first-order valence-electron chi connectivity index (χ1n) is 14.5. The van der Waals surface area contributed by atoms with E-state index < -0.39 is 58.3 Å². The number of hydrogen-bond donors (Lipinski definition) is 4. The van der Waals surface area contributed by atoms with Crippen molar-refractivity contribution in [2.45, 2.75) is 38.0 Å². The predicted octanol–water partition coefficient (Wildman–Crippen LogP) is 2.29. The lowest BCUT2D eigenvalue weighted by molar-refractivity contribution is -0.175. The minimum atomic E-state index is -2.66. The van der Waals surface area contributed by atoms with Crippen LogP contribution < -0.4 is 15.8 Å². The normalized spacial score (nSPS) is 26.0. The summed E-state index contributed by atoms with van der Waals surface area (Å²) in [6.45, 7) is 1.31. The molecule has 3 aromatic rings. The first-order chi connectivity index (χ1) is 21.0. The van der Waals surface area contributed by atoms with Crippen LogP contribution in [-0.2, 0) is 38.7 Å². The number of nitrogens with one attached hydrogen (secondary N) is 1. The topological polar surface area (TPSA) is 173 Å². The fourth-order valence-corrected chi connectivity index (χ4v) is 7.13. The molecule has 44 heavy (non-hydrogen) atoms. The number of amides is 1. The number of carbonyl (C=O) groups is 5. The molecule has 2 fully saturated rings. The number of hydrogen-bond acceptors (Lipinski definition) is 9. The van der Waals surface area contributed by atoms with E-state index >= 15 is 0 Å². The van der Waals surface area contributed by atoms with Gasteiger partial charge in [-0.3, -0.25) is 24.0 Å². The van der Waals surface area contributed by atoms with Crippen molar-refractivity contribution >= 4 is 29.0 Å². The van der Waals surface area contributed by atoms with Crippen molar-refractivity contribution in [1.82, 2.24) is 5.32 Å². The molecule has 3 aliphatic rings. The van der Waals surface area contributed by atoms with E-state index in [1.54, 1.807) is 13.2 Å². The van der Waals surface area contributed by atoms with Crippen molar-refractivity contribution in [3.8, 4) is 22.6 Å². The summed E-state index contributed by atoms with van der Waals surface area (Å²) in [7, 11) is 1.63. The van der Waals surface area contributed by atoms with E-state index in [4.69, 9.17) is 10.5 Å². The summed E-state index contributed by atoms with van der Waals surface area (Å²) in [4.78, 5) is 65.0. The molecule has 2 saturated carbocycles. The lowest BCUT2D eigenvalue weighted by Crippen LogP contribution is -2.68. The van der Waals surface area contributed by atoms with Crippen molar-refractivity contribution in [3.63, 3.8) is 0 Å². The lowest BCUT2D eigenvalue weighted by Gasteiger charge is -2.48. The van der Waals surface area contributed by atoms with Gasteiger partial charge in [0.05, 0.1) is 18.6 Å². The molecule has 0 aliphatic heterocycles. The van der Waals surface area contributed by atoms with Gasteiger partial charge in [0.15, 0.2) is 34.7 Å². The number of ether oxygens (including phenoxy) is 1. The number of aromatic hydroxyl groups is 1. The second-order valence-electron chi connectivity index (χ2n) is 11.9. The van der Waals surface area contributed by atoms with Gasteiger partial charge in [-0.15, -0.1) is 0 Å². The van der Waals surface area contributed by atoms with Crippen molar-refractivity contribution in [1.29, 1.82) is 0 Å². The molecule has 10 heteroatoms. The van der Waals surface area contributed by atoms with E-state index in [1.807, 2.05) is 48.5 Å². The van der Waals surface area contributed by atoms with Crippen LogP contribution in [0.15, 0.2) is 60.7 Å². The highest BCUT2D eigenvalue weighted by Crippen LogP contribution is 2.51. The van der Waals surface area contributed by atoms with E-state index in [-0.39, 0.29) is 30.6 Å². The van der Waals surface area contributed by atoms with Gasteiger partial charge in [0.2, 0.25) is 5.91 Å². The van der Waals surface area contributed by atoms with Crippen LogP contribution in [0.4, 0.5) is 0 Å². The molecule has 5 N–H and O–H groups in total. The Bertz CT molecular complexity index is 1700. The maximum absolute atomic E-state index is 13.8. The molecule has 226 valence electrons. The van der Waals surface area contributed by atoms with Crippen LogP contribution in [0, 0.1) is 23.7 Å². The highest BCUT2D eigenvalue weighted by Gasteiger charge is 2.66. The number of Topliss-reactive ketones (excluding diaryl/α,β-unsaturated/α-hetero) is 4. The summed E-state index contributed by atoms with van der Waals surface area (Å²) in [6, 6.07) is 18.8. The maximum Gasteiger partial charge on any atom is 0.235 e. The summed E-state index contributed by atoms with van der Waals surface area (Å²) in [5.74, 6) is -9.43. The zero-order valence-corrected chi connectivity index (χ0v) is 24.0. The number of fused-ring (bicyclic) bond motifs is 3. The molecule has 6 rings (SSSR count). The highest BCUT2D eigenvalue weighted by atomic mass is 16.5. The fourth-order valence-electron chi connectivity index (χ4n) is 7.13. The number of phenolic OH excluding ortho intramolecular Hbond substituents is 1. The number of phenols is 1. The van der Waals surface area contributed by atoms with Gasteiger partial charge >= 0.3 is 0 Å². The summed E-state index contributed by atoms with van der Waals surface area (Å²) < 4.78 is 5.20. The number of benzene rings is 3. The quantitative estimate of drug-likeness (QED) is 0.299. The molecule has 2 unspecified atom stereocenters. The van der Waals surface area contributed by atoms with Crippen LogP contribution in [-0.4, -0.2) is 52.0 Å². The Kier molecular flexibility index (Phi) is 7.43. The molecule has 10 nitrogen and oxygen atoms in total. The van der Waals surface area contributed by atoms with E-state index in [0.29, 0.717) is 18.7 Å². The number of primary amides is 1. The molecule has 0 bridgehead atoms. The van der Waals surface area contributed by atoms with Crippen LogP contribution in [0.25, 0.3) is 11.1 Å².